The van der Waals surface area contributed by atoms with Crippen LogP contribution in [-0.2, 0) is 11.2 Å². The zero-order valence-corrected chi connectivity index (χ0v) is 17.0. The molecule has 1 fully saturated rings. The maximum absolute atomic E-state index is 12.6. The molecule has 2 aromatic rings. The lowest BCUT2D eigenvalue weighted by Crippen LogP contribution is -2.57. The molecule has 0 saturated carbocycles. The molecular formula is C20H27ClN2O4. The second-order valence-electron chi connectivity index (χ2n) is 6.93. The van der Waals surface area contributed by atoms with Crippen molar-refractivity contribution in [2.45, 2.75) is 45.7 Å². The van der Waals surface area contributed by atoms with Gasteiger partial charge in [0.25, 0.3) is 0 Å². The van der Waals surface area contributed by atoms with Crippen molar-refractivity contribution in [1.82, 2.24) is 10.2 Å². The summed E-state index contributed by atoms with van der Waals surface area (Å²) in [5.74, 6) is 0.726. The second kappa shape index (κ2) is 8.76. The average molecular weight is 395 g/mol. The smallest absolute Gasteiger partial charge is 0.339 e. The van der Waals surface area contributed by atoms with E-state index in [-0.39, 0.29) is 36.0 Å². The summed E-state index contributed by atoms with van der Waals surface area (Å²) in [4.78, 5) is 27.0. The number of nitrogens with one attached hydrogen (secondary N) is 1. The Bertz CT molecular complexity index is 880. The summed E-state index contributed by atoms with van der Waals surface area (Å²) in [6.07, 6.45) is 0.699. The van der Waals surface area contributed by atoms with Gasteiger partial charge in [0.05, 0.1) is 7.11 Å². The Morgan fingerprint density at radius 1 is 1.37 bits per heavy atom. The number of nitrogens with zero attached hydrogens (tertiary/aromatic N) is 1. The van der Waals surface area contributed by atoms with Crippen LogP contribution in [-0.4, -0.2) is 43.1 Å². The van der Waals surface area contributed by atoms with E-state index in [1.165, 1.54) is 0 Å². The van der Waals surface area contributed by atoms with Crippen LogP contribution in [0, 0.1) is 6.92 Å². The molecule has 1 saturated heterocycles. The second-order valence-corrected chi connectivity index (χ2v) is 6.93. The zero-order valence-electron chi connectivity index (χ0n) is 16.2. The summed E-state index contributed by atoms with van der Waals surface area (Å²) in [6, 6.07) is 5.86. The predicted octanol–water partition coefficient (Wildman–Crippen LogP) is 2.67. The van der Waals surface area contributed by atoms with Crippen LogP contribution in [0.3, 0.4) is 0 Å². The minimum Gasteiger partial charge on any atom is -0.497 e. The molecule has 0 bridgehead atoms. The molecule has 7 heteroatoms. The topological polar surface area (TPSA) is 71.8 Å². The summed E-state index contributed by atoms with van der Waals surface area (Å²) in [5.41, 5.74) is 1.57. The molecule has 2 heterocycles. The van der Waals surface area contributed by atoms with Crippen LogP contribution in [0.1, 0.15) is 31.4 Å². The standard InChI is InChI=1S/C20H26N2O4.ClH/c1-12-16-6-5-15(25-4)11-18(16)26-20(24)17(12)7-8-19(23)22-10-9-21-13(2)14(22)3;/h5-6,11,13-14,21H,7-10H2,1-4H3;1H. The summed E-state index contributed by atoms with van der Waals surface area (Å²) in [7, 11) is 1.57. The number of hydrogen-bond donors (Lipinski definition) is 1. The molecule has 1 aliphatic rings. The zero-order chi connectivity index (χ0) is 18.8. The number of hydrogen-bond acceptors (Lipinski definition) is 5. The molecular weight excluding hydrogens is 368 g/mol. The number of fused-ring (bicyclic) bond motifs is 1. The molecule has 0 aliphatic carbocycles. The SMILES string of the molecule is COc1ccc2c(C)c(CCC(=O)N3CCNC(C)C3C)c(=O)oc2c1.Cl. The third-order valence-electron chi connectivity index (χ3n) is 5.44. The number of amides is 1. The van der Waals surface area contributed by atoms with E-state index >= 15 is 0 Å². The van der Waals surface area contributed by atoms with Gasteiger partial charge in [-0.3, -0.25) is 4.79 Å². The van der Waals surface area contributed by atoms with Gasteiger partial charge in [0, 0.05) is 48.6 Å². The highest BCUT2D eigenvalue weighted by Crippen LogP contribution is 2.24. The summed E-state index contributed by atoms with van der Waals surface area (Å²) < 4.78 is 10.6. The van der Waals surface area contributed by atoms with Gasteiger partial charge < -0.3 is 19.4 Å². The van der Waals surface area contributed by atoms with E-state index in [0.29, 0.717) is 36.3 Å². The van der Waals surface area contributed by atoms with Gasteiger partial charge in [-0.05, 0) is 44.9 Å². The Hall–Kier alpha value is -2.05. The molecule has 1 aliphatic heterocycles. The van der Waals surface area contributed by atoms with Crippen molar-refractivity contribution < 1.29 is 13.9 Å². The first-order valence-electron chi connectivity index (χ1n) is 9.05. The van der Waals surface area contributed by atoms with Crippen molar-refractivity contribution in [2.24, 2.45) is 0 Å². The van der Waals surface area contributed by atoms with Crippen LogP contribution in [0.15, 0.2) is 27.4 Å². The van der Waals surface area contributed by atoms with Crippen LogP contribution in [0.25, 0.3) is 11.0 Å². The van der Waals surface area contributed by atoms with Crippen molar-refractivity contribution in [2.75, 3.05) is 20.2 Å². The molecule has 148 valence electrons. The molecule has 1 amide bonds. The highest BCUT2D eigenvalue weighted by Gasteiger charge is 2.28. The lowest BCUT2D eigenvalue weighted by molar-refractivity contribution is -0.134. The first-order valence-corrected chi connectivity index (χ1v) is 9.05. The van der Waals surface area contributed by atoms with Crippen molar-refractivity contribution in [1.29, 1.82) is 0 Å². The lowest BCUT2D eigenvalue weighted by Gasteiger charge is -2.38. The molecule has 2 atom stereocenters. The first-order chi connectivity index (χ1) is 12.4. The Kier molecular flexibility index (Phi) is 6.89. The molecule has 3 rings (SSSR count). The molecule has 0 spiro atoms. The lowest BCUT2D eigenvalue weighted by atomic mass is 10.0. The predicted molar refractivity (Wildman–Crippen MR) is 108 cm³/mol. The number of benzene rings is 1. The molecule has 1 N–H and O–H groups in total. The fourth-order valence-electron chi connectivity index (χ4n) is 3.57. The third kappa shape index (κ3) is 4.28. The molecule has 6 nitrogen and oxygen atoms in total. The van der Waals surface area contributed by atoms with E-state index in [1.54, 1.807) is 13.2 Å². The Morgan fingerprint density at radius 2 is 2.11 bits per heavy atom. The maximum atomic E-state index is 12.6. The van der Waals surface area contributed by atoms with Crippen LogP contribution < -0.4 is 15.7 Å². The Balaban J connectivity index is 0.00000261. The third-order valence-corrected chi connectivity index (χ3v) is 5.44. The van der Waals surface area contributed by atoms with Gasteiger partial charge in [-0.25, -0.2) is 4.79 Å². The first kappa shape index (κ1) is 21.3. The van der Waals surface area contributed by atoms with Crippen LogP contribution in [0.2, 0.25) is 0 Å². The number of halogens is 1. The normalized spacial score (nSPS) is 19.6. The summed E-state index contributed by atoms with van der Waals surface area (Å²) >= 11 is 0. The van der Waals surface area contributed by atoms with Crippen molar-refractivity contribution >= 4 is 29.3 Å². The minimum absolute atomic E-state index is 0. The number of carbonyl (C=O) groups excluding carboxylic acids is 1. The Morgan fingerprint density at radius 3 is 2.81 bits per heavy atom. The van der Waals surface area contributed by atoms with Gasteiger partial charge in [-0.2, -0.15) is 0 Å². The fourth-order valence-corrected chi connectivity index (χ4v) is 3.57. The van der Waals surface area contributed by atoms with Crippen molar-refractivity contribution in [3.63, 3.8) is 0 Å². The molecule has 2 unspecified atom stereocenters. The number of carbonyl (C=O) groups is 1. The van der Waals surface area contributed by atoms with Crippen molar-refractivity contribution in [3.05, 3.63) is 39.7 Å². The maximum Gasteiger partial charge on any atom is 0.339 e. The average Bonchev–Trinajstić information content (AvgIpc) is 2.63. The van der Waals surface area contributed by atoms with E-state index in [0.717, 1.165) is 17.5 Å². The quantitative estimate of drug-likeness (QED) is 0.807. The van der Waals surface area contributed by atoms with E-state index in [9.17, 15) is 9.59 Å². The fraction of sp³-hybridized carbons (Fsp3) is 0.500. The van der Waals surface area contributed by atoms with E-state index < -0.39 is 0 Å². The Labute approximate surface area is 165 Å². The highest BCUT2D eigenvalue weighted by atomic mass is 35.5. The van der Waals surface area contributed by atoms with Gasteiger partial charge >= 0.3 is 5.63 Å². The van der Waals surface area contributed by atoms with Crippen LogP contribution >= 0.6 is 12.4 Å². The summed E-state index contributed by atoms with van der Waals surface area (Å²) in [6.45, 7) is 7.55. The van der Waals surface area contributed by atoms with Gasteiger partial charge in [0.15, 0.2) is 0 Å². The van der Waals surface area contributed by atoms with Crippen molar-refractivity contribution in [3.8, 4) is 5.75 Å². The molecule has 27 heavy (non-hydrogen) atoms. The minimum atomic E-state index is -0.377. The number of rotatable bonds is 4. The largest absolute Gasteiger partial charge is 0.497 e. The molecule has 1 aromatic carbocycles. The van der Waals surface area contributed by atoms with Gasteiger partial charge in [0.1, 0.15) is 11.3 Å². The highest BCUT2D eigenvalue weighted by molar-refractivity contribution is 5.85. The van der Waals surface area contributed by atoms with Gasteiger partial charge in [-0.1, -0.05) is 0 Å². The van der Waals surface area contributed by atoms with E-state index in [1.807, 2.05) is 24.0 Å². The number of ether oxygens (including phenoxy) is 1. The molecule has 1 aromatic heterocycles. The van der Waals surface area contributed by atoms with Gasteiger partial charge in [-0.15, -0.1) is 12.4 Å². The van der Waals surface area contributed by atoms with Crippen LogP contribution in [0.5, 0.6) is 5.75 Å². The number of piperazine rings is 1. The van der Waals surface area contributed by atoms with E-state index in [2.05, 4.69) is 19.2 Å². The molecule has 0 radical (unpaired) electrons. The number of aryl methyl sites for hydroxylation is 1. The number of methoxy groups -OCH3 is 1. The monoisotopic (exact) mass is 394 g/mol. The van der Waals surface area contributed by atoms with E-state index in [4.69, 9.17) is 9.15 Å². The summed E-state index contributed by atoms with van der Waals surface area (Å²) in [5, 5.41) is 4.24. The van der Waals surface area contributed by atoms with Gasteiger partial charge in [0.2, 0.25) is 5.91 Å². The van der Waals surface area contributed by atoms with Crippen LogP contribution in [0.4, 0.5) is 0 Å².